The van der Waals surface area contributed by atoms with Gasteiger partial charge in [-0.2, -0.15) is 0 Å². The van der Waals surface area contributed by atoms with Gasteiger partial charge in [0.05, 0.1) is 17.1 Å². The summed E-state index contributed by atoms with van der Waals surface area (Å²) in [7, 11) is 1.90. The third-order valence-corrected chi connectivity index (χ3v) is 3.46. The van der Waals surface area contributed by atoms with Gasteiger partial charge in [-0.3, -0.25) is 10.1 Å². The molecule has 2 unspecified atom stereocenters. The Bertz CT molecular complexity index is 469. The number of hydrogen-bond donors (Lipinski definition) is 2. The third-order valence-electron chi connectivity index (χ3n) is 2.97. The van der Waals surface area contributed by atoms with Gasteiger partial charge in [-0.25, -0.2) is 0 Å². The van der Waals surface area contributed by atoms with E-state index in [4.69, 9.17) is 0 Å². The van der Waals surface area contributed by atoms with Crippen LogP contribution in [0.4, 0.5) is 11.4 Å². The number of hydrogen-bond acceptors (Lipinski definition) is 5. The number of halogens is 1. The Hall–Kier alpha value is -1.18. The van der Waals surface area contributed by atoms with E-state index in [2.05, 4.69) is 21.2 Å². The number of β-amino-alcohol motifs (C(OH)–C–C–N with tert-alkyl or cyclic N) is 1. The predicted molar refractivity (Wildman–Crippen MR) is 71.7 cm³/mol. The van der Waals surface area contributed by atoms with Crippen molar-refractivity contribution in [3.8, 4) is 0 Å². The fourth-order valence-electron chi connectivity index (χ4n) is 2.10. The minimum Gasteiger partial charge on any atom is -0.390 e. The van der Waals surface area contributed by atoms with E-state index in [-0.39, 0.29) is 11.7 Å². The van der Waals surface area contributed by atoms with E-state index in [0.29, 0.717) is 23.2 Å². The first-order chi connectivity index (χ1) is 8.47. The molecule has 0 bridgehead atoms. The number of benzene rings is 1. The molecule has 18 heavy (non-hydrogen) atoms. The summed E-state index contributed by atoms with van der Waals surface area (Å²) in [6, 6.07) is 4.65. The van der Waals surface area contributed by atoms with E-state index in [1.165, 1.54) is 6.07 Å². The van der Waals surface area contributed by atoms with E-state index in [0.717, 1.165) is 0 Å². The van der Waals surface area contributed by atoms with Crippen LogP contribution in [0.3, 0.4) is 0 Å². The standard InChI is InChI=1S/C11H14BrN3O3/c1-14-5-9(11(16)6-14)13-8-3-2-7(12)4-10(8)15(17)18/h2-4,9,11,13,16H,5-6H2,1H3. The average Bonchev–Trinajstić information content (AvgIpc) is 2.60. The molecule has 1 aliphatic heterocycles. The molecule has 2 atom stereocenters. The smallest absolute Gasteiger partial charge is 0.293 e. The van der Waals surface area contributed by atoms with Gasteiger partial charge in [0.25, 0.3) is 5.69 Å². The fourth-order valence-corrected chi connectivity index (χ4v) is 2.45. The van der Waals surface area contributed by atoms with Crippen LogP contribution in [-0.4, -0.2) is 47.2 Å². The molecule has 1 aliphatic rings. The second kappa shape index (κ2) is 5.21. The van der Waals surface area contributed by atoms with Gasteiger partial charge in [0.1, 0.15) is 5.69 Å². The molecule has 1 aromatic carbocycles. The highest BCUT2D eigenvalue weighted by Gasteiger charge is 2.30. The quantitative estimate of drug-likeness (QED) is 0.652. The zero-order valence-electron chi connectivity index (χ0n) is 9.84. The van der Waals surface area contributed by atoms with Crippen LogP contribution in [0.1, 0.15) is 0 Å². The van der Waals surface area contributed by atoms with Crippen LogP contribution < -0.4 is 5.32 Å². The van der Waals surface area contributed by atoms with Crippen LogP contribution in [0.15, 0.2) is 22.7 Å². The van der Waals surface area contributed by atoms with Crippen molar-refractivity contribution in [2.75, 3.05) is 25.5 Å². The first kappa shape index (κ1) is 13.3. The highest BCUT2D eigenvalue weighted by molar-refractivity contribution is 9.10. The zero-order valence-corrected chi connectivity index (χ0v) is 11.4. The van der Waals surface area contributed by atoms with E-state index >= 15 is 0 Å². The molecule has 1 aromatic rings. The van der Waals surface area contributed by atoms with Gasteiger partial charge in [0.2, 0.25) is 0 Å². The molecule has 0 amide bonds. The van der Waals surface area contributed by atoms with E-state index < -0.39 is 11.0 Å². The number of anilines is 1. The molecule has 1 heterocycles. The normalized spacial score (nSPS) is 24.2. The average molecular weight is 316 g/mol. The van der Waals surface area contributed by atoms with Gasteiger partial charge < -0.3 is 15.3 Å². The minimum absolute atomic E-state index is 0.00567. The molecule has 6 nitrogen and oxygen atoms in total. The maximum Gasteiger partial charge on any atom is 0.293 e. The van der Waals surface area contributed by atoms with E-state index in [9.17, 15) is 15.2 Å². The summed E-state index contributed by atoms with van der Waals surface area (Å²) in [4.78, 5) is 12.5. The number of likely N-dealkylation sites (tertiary alicyclic amines) is 1. The Morgan fingerprint density at radius 3 is 2.83 bits per heavy atom. The number of likely N-dealkylation sites (N-methyl/N-ethyl adjacent to an activating group) is 1. The van der Waals surface area contributed by atoms with Crippen LogP contribution in [0.5, 0.6) is 0 Å². The number of nitrogens with one attached hydrogen (secondary N) is 1. The second-order valence-electron chi connectivity index (χ2n) is 4.46. The monoisotopic (exact) mass is 315 g/mol. The summed E-state index contributed by atoms with van der Waals surface area (Å²) < 4.78 is 0.656. The first-order valence-corrected chi connectivity index (χ1v) is 6.34. The lowest BCUT2D eigenvalue weighted by Gasteiger charge is -2.17. The molecular formula is C11H14BrN3O3. The number of nitro benzene ring substituents is 1. The summed E-state index contributed by atoms with van der Waals surface area (Å²) in [5.74, 6) is 0. The molecule has 98 valence electrons. The van der Waals surface area contributed by atoms with Crippen LogP contribution in [-0.2, 0) is 0 Å². The molecule has 0 spiro atoms. The van der Waals surface area contributed by atoms with Gasteiger partial charge in [-0.15, -0.1) is 0 Å². The Morgan fingerprint density at radius 1 is 1.56 bits per heavy atom. The number of nitrogens with zero attached hydrogens (tertiary/aromatic N) is 2. The molecule has 2 N–H and O–H groups in total. The van der Waals surface area contributed by atoms with Crippen molar-refractivity contribution in [3.63, 3.8) is 0 Å². The molecule has 0 aliphatic carbocycles. The number of aliphatic hydroxyl groups excluding tert-OH is 1. The van der Waals surface area contributed by atoms with Crippen molar-refractivity contribution in [3.05, 3.63) is 32.8 Å². The lowest BCUT2D eigenvalue weighted by molar-refractivity contribution is -0.384. The third kappa shape index (κ3) is 2.80. The minimum atomic E-state index is -0.516. The molecule has 2 rings (SSSR count). The molecule has 0 aromatic heterocycles. The SMILES string of the molecule is CN1CC(O)C(Nc2ccc(Br)cc2[N+](=O)[O-])C1. The Balaban J connectivity index is 2.21. The summed E-state index contributed by atoms with van der Waals surface area (Å²) in [6.07, 6.45) is -0.516. The predicted octanol–water partition coefficient (Wildman–Crippen LogP) is 1.44. The van der Waals surface area contributed by atoms with Crippen molar-refractivity contribution >= 4 is 27.3 Å². The van der Waals surface area contributed by atoms with Crippen molar-refractivity contribution < 1.29 is 10.0 Å². The van der Waals surface area contributed by atoms with E-state index in [1.807, 2.05) is 11.9 Å². The van der Waals surface area contributed by atoms with Crippen molar-refractivity contribution in [2.45, 2.75) is 12.1 Å². The lowest BCUT2D eigenvalue weighted by atomic mass is 10.2. The van der Waals surface area contributed by atoms with Gasteiger partial charge in [0, 0.05) is 23.6 Å². The lowest BCUT2D eigenvalue weighted by Crippen LogP contribution is -2.32. The zero-order chi connectivity index (χ0) is 13.3. The first-order valence-electron chi connectivity index (χ1n) is 5.54. The second-order valence-corrected chi connectivity index (χ2v) is 5.37. The summed E-state index contributed by atoms with van der Waals surface area (Å²) in [6.45, 7) is 1.23. The fraction of sp³-hybridized carbons (Fsp3) is 0.455. The molecule has 0 radical (unpaired) electrons. The Labute approximate surface area is 113 Å². The summed E-state index contributed by atoms with van der Waals surface area (Å²) >= 11 is 3.21. The number of rotatable bonds is 3. The largest absolute Gasteiger partial charge is 0.390 e. The summed E-state index contributed by atoms with van der Waals surface area (Å²) in [5, 5.41) is 23.8. The number of aliphatic hydroxyl groups is 1. The molecule has 1 saturated heterocycles. The molecular weight excluding hydrogens is 302 g/mol. The molecule has 1 fully saturated rings. The van der Waals surface area contributed by atoms with E-state index in [1.54, 1.807) is 12.1 Å². The van der Waals surface area contributed by atoms with Gasteiger partial charge >= 0.3 is 0 Å². The maximum atomic E-state index is 11.0. The molecule has 7 heteroatoms. The van der Waals surface area contributed by atoms with Crippen LogP contribution in [0.2, 0.25) is 0 Å². The van der Waals surface area contributed by atoms with Crippen molar-refractivity contribution in [2.24, 2.45) is 0 Å². The van der Waals surface area contributed by atoms with Crippen LogP contribution in [0.25, 0.3) is 0 Å². The van der Waals surface area contributed by atoms with Crippen molar-refractivity contribution in [1.82, 2.24) is 4.90 Å². The Morgan fingerprint density at radius 2 is 2.28 bits per heavy atom. The highest BCUT2D eigenvalue weighted by atomic mass is 79.9. The molecule has 0 saturated carbocycles. The van der Waals surface area contributed by atoms with Crippen molar-refractivity contribution in [1.29, 1.82) is 0 Å². The summed E-state index contributed by atoms with van der Waals surface area (Å²) in [5.41, 5.74) is 0.439. The van der Waals surface area contributed by atoms with Gasteiger partial charge in [-0.05, 0) is 19.2 Å². The van der Waals surface area contributed by atoms with Gasteiger partial charge in [-0.1, -0.05) is 15.9 Å². The van der Waals surface area contributed by atoms with Crippen LogP contribution in [0, 0.1) is 10.1 Å². The highest BCUT2D eigenvalue weighted by Crippen LogP contribution is 2.29. The van der Waals surface area contributed by atoms with Gasteiger partial charge in [0.15, 0.2) is 0 Å². The maximum absolute atomic E-state index is 11.0. The topological polar surface area (TPSA) is 78.6 Å². The van der Waals surface area contributed by atoms with Crippen LogP contribution >= 0.6 is 15.9 Å². The number of nitro groups is 1. The Kier molecular flexibility index (Phi) is 3.84.